The number of alkyl halides is 3. The molecule has 8 heteroatoms. The number of aromatic nitrogens is 3. The predicted molar refractivity (Wildman–Crippen MR) is 56.5 cm³/mol. The minimum absolute atomic E-state index is 0.0622. The Morgan fingerprint density at radius 3 is 2.76 bits per heavy atom. The molecule has 2 heterocycles. The lowest BCUT2D eigenvalue weighted by Gasteiger charge is -2.07. The van der Waals surface area contributed by atoms with Crippen LogP contribution < -0.4 is 5.32 Å². The van der Waals surface area contributed by atoms with E-state index in [1.807, 2.05) is 0 Å². The maximum absolute atomic E-state index is 12.4. The number of hydrogen-bond donors (Lipinski definition) is 1. The maximum Gasteiger partial charge on any atom is 0.433 e. The van der Waals surface area contributed by atoms with Crippen molar-refractivity contribution in [1.29, 1.82) is 0 Å². The Morgan fingerprint density at radius 1 is 1.29 bits per heavy atom. The standard InChI is InChI=1S/C9H7F3N4S/c10-9(11,12)7-1-2-13-8(16-7)14-3-6-4-17-5-15-6/h1-2,4-5H,3H2,(H,13,14,16). The van der Waals surface area contributed by atoms with Crippen molar-refractivity contribution in [3.05, 3.63) is 34.5 Å². The molecule has 0 atom stereocenters. The van der Waals surface area contributed by atoms with Gasteiger partial charge in [0.1, 0.15) is 5.69 Å². The van der Waals surface area contributed by atoms with Gasteiger partial charge in [-0.25, -0.2) is 15.0 Å². The van der Waals surface area contributed by atoms with Crippen molar-refractivity contribution in [3.63, 3.8) is 0 Å². The van der Waals surface area contributed by atoms with Gasteiger partial charge in [-0.1, -0.05) is 0 Å². The Kier molecular flexibility index (Phi) is 3.23. The summed E-state index contributed by atoms with van der Waals surface area (Å²) in [6.07, 6.45) is -3.39. The van der Waals surface area contributed by atoms with E-state index in [-0.39, 0.29) is 5.95 Å². The minimum atomic E-state index is -4.46. The summed E-state index contributed by atoms with van der Waals surface area (Å²) >= 11 is 1.41. The second kappa shape index (κ2) is 4.66. The number of rotatable bonds is 3. The molecular formula is C9H7F3N4S. The molecule has 1 N–H and O–H groups in total. The zero-order valence-electron chi connectivity index (χ0n) is 8.40. The average Bonchev–Trinajstić information content (AvgIpc) is 2.78. The fourth-order valence-corrected chi connectivity index (χ4v) is 1.65. The average molecular weight is 260 g/mol. The molecule has 2 aromatic rings. The molecule has 0 aliphatic carbocycles. The molecule has 0 saturated carbocycles. The fraction of sp³-hybridized carbons (Fsp3) is 0.222. The number of thiazole rings is 1. The first-order chi connectivity index (χ1) is 8.05. The third-order valence-corrected chi connectivity index (χ3v) is 2.49. The monoisotopic (exact) mass is 260 g/mol. The predicted octanol–water partition coefficient (Wildman–Crippen LogP) is 2.56. The van der Waals surface area contributed by atoms with Crippen LogP contribution in [0.4, 0.5) is 19.1 Å². The van der Waals surface area contributed by atoms with Gasteiger partial charge < -0.3 is 5.32 Å². The van der Waals surface area contributed by atoms with Crippen molar-refractivity contribution >= 4 is 17.3 Å². The van der Waals surface area contributed by atoms with Crippen LogP contribution in [0.5, 0.6) is 0 Å². The highest BCUT2D eigenvalue weighted by atomic mass is 32.1. The fourth-order valence-electron chi connectivity index (χ4n) is 1.10. The van der Waals surface area contributed by atoms with E-state index >= 15 is 0 Å². The first-order valence-corrected chi connectivity index (χ1v) is 5.51. The molecule has 0 aliphatic rings. The Balaban J connectivity index is 2.07. The largest absolute Gasteiger partial charge is 0.433 e. The second-order valence-electron chi connectivity index (χ2n) is 3.10. The molecule has 0 fully saturated rings. The summed E-state index contributed by atoms with van der Waals surface area (Å²) in [5, 5.41) is 4.47. The van der Waals surface area contributed by atoms with Gasteiger partial charge in [-0.05, 0) is 6.07 Å². The molecular weight excluding hydrogens is 253 g/mol. The van der Waals surface area contributed by atoms with E-state index in [4.69, 9.17) is 0 Å². The summed E-state index contributed by atoms with van der Waals surface area (Å²) in [4.78, 5) is 11.1. The normalized spacial score (nSPS) is 11.5. The van der Waals surface area contributed by atoms with Gasteiger partial charge in [0.2, 0.25) is 5.95 Å². The molecule has 0 aliphatic heterocycles. The molecule has 0 aromatic carbocycles. The number of hydrogen-bond acceptors (Lipinski definition) is 5. The van der Waals surface area contributed by atoms with Gasteiger partial charge in [0, 0.05) is 11.6 Å². The van der Waals surface area contributed by atoms with Crippen LogP contribution >= 0.6 is 11.3 Å². The molecule has 0 radical (unpaired) electrons. The van der Waals surface area contributed by atoms with Crippen LogP contribution in [0.3, 0.4) is 0 Å². The van der Waals surface area contributed by atoms with Gasteiger partial charge in [0.05, 0.1) is 17.7 Å². The van der Waals surface area contributed by atoms with Crippen LogP contribution in [0.1, 0.15) is 11.4 Å². The minimum Gasteiger partial charge on any atom is -0.349 e. The van der Waals surface area contributed by atoms with Gasteiger partial charge in [-0.2, -0.15) is 13.2 Å². The quantitative estimate of drug-likeness (QED) is 0.921. The zero-order chi connectivity index (χ0) is 12.3. The Morgan fingerprint density at radius 2 is 2.12 bits per heavy atom. The van der Waals surface area contributed by atoms with E-state index in [2.05, 4.69) is 20.3 Å². The summed E-state index contributed by atoms with van der Waals surface area (Å²) < 4.78 is 37.1. The molecule has 17 heavy (non-hydrogen) atoms. The van der Waals surface area contributed by atoms with Crippen LogP contribution in [-0.2, 0) is 12.7 Å². The van der Waals surface area contributed by atoms with Crippen molar-refractivity contribution in [2.75, 3.05) is 5.32 Å². The van der Waals surface area contributed by atoms with E-state index < -0.39 is 11.9 Å². The summed E-state index contributed by atoms with van der Waals surface area (Å²) in [5.74, 6) is -0.0622. The first kappa shape index (κ1) is 11.8. The van der Waals surface area contributed by atoms with Gasteiger partial charge in [-0.15, -0.1) is 11.3 Å². The summed E-state index contributed by atoms with van der Waals surface area (Å²) in [7, 11) is 0. The van der Waals surface area contributed by atoms with E-state index in [1.54, 1.807) is 10.9 Å². The second-order valence-corrected chi connectivity index (χ2v) is 3.82. The first-order valence-electron chi connectivity index (χ1n) is 4.57. The Hall–Kier alpha value is -1.70. The van der Waals surface area contributed by atoms with E-state index in [0.29, 0.717) is 6.54 Å². The highest BCUT2D eigenvalue weighted by Gasteiger charge is 2.32. The van der Waals surface area contributed by atoms with E-state index in [0.717, 1.165) is 18.0 Å². The number of halogens is 3. The summed E-state index contributed by atoms with van der Waals surface area (Å²) in [6.45, 7) is 0.296. The number of anilines is 1. The van der Waals surface area contributed by atoms with E-state index in [9.17, 15) is 13.2 Å². The smallest absolute Gasteiger partial charge is 0.349 e. The summed E-state index contributed by atoms with van der Waals surface area (Å²) in [5.41, 5.74) is 1.41. The highest BCUT2D eigenvalue weighted by molar-refractivity contribution is 7.07. The number of nitrogens with zero attached hydrogens (tertiary/aromatic N) is 3. The van der Waals surface area contributed by atoms with Crippen molar-refractivity contribution in [1.82, 2.24) is 15.0 Å². The third kappa shape index (κ3) is 3.13. The van der Waals surface area contributed by atoms with Crippen LogP contribution in [0.25, 0.3) is 0 Å². The molecule has 0 amide bonds. The van der Waals surface area contributed by atoms with Crippen LogP contribution in [0.15, 0.2) is 23.2 Å². The Labute approximate surface area is 98.6 Å². The third-order valence-electron chi connectivity index (χ3n) is 1.86. The van der Waals surface area contributed by atoms with Gasteiger partial charge in [-0.3, -0.25) is 0 Å². The molecule has 2 rings (SSSR count). The van der Waals surface area contributed by atoms with Gasteiger partial charge in [0.15, 0.2) is 0 Å². The van der Waals surface area contributed by atoms with Crippen molar-refractivity contribution < 1.29 is 13.2 Å². The molecule has 90 valence electrons. The Bertz CT molecular complexity index is 483. The molecule has 0 bridgehead atoms. The maximum atomic E-state index is 12.4. The van der Waals surface area contributed by atoms with Gasteiger partial charge >= 0.3 is 6.18 Å². The molecule has 0 spiro atoms. The molecule has 4 nitrogen and oxygen atoms in total. The van der Waals surface area contributed by atoms with Crippen molar-refractivity contribution in [2.24, 2.45) is 0 Å². The van der Waals surface area contributed by atoms with Crippen LogP contribution in [0.2, 0.25) is 0 Å². The van der Waals surface area contributed by atoms with E-state index in [1.165, 1.54) is 11.3 Å². The highest BCUT2D eigenvalue weighted by Crippen LogP contribution is 2.27. The van der Waals surface area contributed by atoms with Crippen molar-refractivity contribution in [2.45, 2.75) is 12.7 Å². The topological polar surface area (TPSA) is 50.7 Å². The van der Waals surface area contributed by atoms with Crippen LogP contribution in [0, 0.1) is 0 Å². The number of nitrogens with one attached hydrogen (secondary N) is 1. The lowest BCUT2D eigenvalue weighted by Crippen LogP contribution is -2.11. The summed E-state index contributed by atoms with van der Waals surface area (Å²) in [6, 6.07) is 0.827. The van der Waals surface area contributed by atoms with Gasteiger partial charge in [0.25, 0.3) is 0 Å². The molecule has 0 saturated heterocycles. The van der Waals surface area contributed by atoms with Crippen molar-refractivity contribution in [3.8, 4) is 0 Å². The molecule has 0 unspecified atom stereocenters. The lowest BCUT2D eigenvalue weighted by molar-refractivity contribution is -0.141. The van der Waals surface area contributed by atoms with Crippen LogP contribution in [-0.4, -0.2) is 15.0 Å². The SMILES string of the molecule is FC(F)(F)c1ccnc(NCc2cscn2)n1. The zero-order valence-corrected chi connectivity index (χ0v) is 9.22. The lowest BCUT2D eigenvalue weighted by atomic mass is 10.4. The molecule has 2 aromatic heterocycles.